The molecule has 2 nitrogen and oxygen atoms in total. The molecule has 0 saturated heterocycles. The van der Waals surface area contributed by atoms with Crippen LogP contribution in [0.5, 0.6) is 0 Å². The molecular weight excluding hydrogens is 216 g/mol. The monoisotopic (exact) mass is 232 g/mol. The summed E-state index contributed by atoms with van der Waals surface area (Å²) >= 11 is 1.48. The summed E-state index contributed by atoms with van der Waals surface area (Å²) in [6, 6.07) is 8.53. The van der Waals surface area contributed by atoms with E-state index in [4.69, 9.17) is 5.73 Å². The first-order chi connectivity index (χ1) is 7.47. The van der Waals surface area contributed by atoms with E-state index in [1.807, 2.05) is 5.38 Å². The number of nitrogen functional groups attached to an aromatic ring is 1. The van der Waals surface area contributed by atoms with Crippen LogP contribution in [-0.2, 0) is 5.41 Å². The van der Waals surface area contributed by atoms with E-state index in [9.17, 15) is 0 Å². The van der Waals surface area contributed by atoms with E-state index >= 15 is 0 Å². The van der Waals surface area contributed by atoms with Crippen molar-refractivity contribution in [3.8, 4) is 11.3 Å². The standard InChI is InChI=1S/C13H16N2S/c1-13(2,3)10-6-4-9(5-7-10)11-8-16-12(14)15-11/h4-8H,1-3H3,(H2,14,15). The Labute approximate surface area is 100 Å². The highest BCUT2D eigenvalue weighted by Gasteiger charge is 2.13. The summed E-state index contributed by atoms with van der Waals surface area (Å²) in [4.78, 5) is 4.27. The highest BCUT2D eigenvalue weighted by molar-refractivity contribution is 7.13. The summed E-state index contributed by atoms with van der Waals surface area (Å²) in [5, 5.41) is 2.61. The normalized spacial score (nSPS) is 11.7. The number of benzene rings is 1. The first kappa shape index (κ1) is 11.1. The molecule has 0 amide bonds. The summed E-state index contributed by atoms with van der Waals surface area (Å²) in [6.45, 7) is 6.63. The van der Waals surface area contributed by atoms with Gasteiger partial charge in [0.25, 0.3) is 0 Å². The number of aromatic nitrogens is 1. The van der Waals surface area contributed by atoms with Gasteiger partial charge >= 0.3 is 0 Å². The third-order valence-electron chi connectivity index (χ3n) is 2.57. The average Bonchev–Trinajstić information content (AvgIpc) is 2.64. The van der Waals surface area contributed by atoms with Crippen LogP contribution in [0.2, 0.25) is 0 Å². The second-order valence-electron chi connectivity index (χ2n) is 4.90. The predicted octanol–water partition coefficient (Wildman–Crippen LogP) is 3.69. The van der Waals surface area contributed by atoms with Crippen LogP contribution < -0.4 is 5.73 Å². The van der Waals surface area contributed by atoms with Crippen molar-refractivity contribution in [1.29, 1.82) is 0 Å². The SMILES string of the molecule is CC(C)(C)c1ccc(-c2csc(N)n2)cc1. The van der Waals surface area contributed by atoms with Crippen molar-refractivity contribution in [3.63, 3.8) is 0 Å². The third-order valence-corrected chi connectivity index (χ3v) is 3.24. The van der Waals surface area contributed by atoms with Gasteiger partial charge in [-0.25, -0.2) is 4.98 Å². The quantitative estimate of drug-likeness (QED) is 0.814. The van der Waals surface area contributed by atoms with Gasteiger partial charge in [-0.2, -0.15) is 0 Å². The Kier molecular flexibility index (Phi) is 2.72. The third kappa shape index (κ3) is 2.25. The highest BCUT2D eigenvalue weighted by Crippen LogP contribution is 2.27. The van der Waals surface area contributed by atoms with Crippen molar-refractivity contribution in [2.24, 2.45) is 0 Å². The second-order valence-corrected chi connectivity index (χ2v) is 5.79. The molecule has 0 aliphatic rings. The molecule has 0 aliphatic heterocycles. The Morgan fingerprint density at radius 1 is 1.12 bits per heavy atom. The largest absolute Gasteiger partial charge is 0.375 e. The van der Waals surface area contributed by atoms with Gasteiger partial charge < -0.3 is 5.73 Å². The summed E-state index contributed by atoms with van der Waals surface area (Å²) in [5.41, 5.74) is 9.24. The predicted molar refractivity (Wildman–Crippen MR) is 70.7 cm³/mol. The minimum absolute atomic E-state index is 0.194. The zero-order valence-electron chi connectivity index (χ0n) is 9.82. The average molecular weight is 232 g/mol. The topological polar surface area (TPSA) is 38.9 Å². The molecule has 0 unspecified atom stereocenters. The Morgan fingerprint density at radius 3 is 2.19 bits per heavy atom. The molecule has 2 rings (SSSR count). The molecule has 0 atom stereocenters. The Bertz CT molecular complexity index is 477. The molecule has 16 heavy (non-hydrogen) atoms. The Morgan fingerprint density at radius 2 is 1.75 bits per heavy atom. The van der Waals surface area contributed by atoms with Crippen LogP contribution in [0.15, 0.2) is 29.6 Å². The molecule has 0 aliphatic carbocycles. The Balaban J connectivity index is 2.33. The Hall–Kier alpha value is -1.35. The summed E-state index contributed by atoms with van der Waals surface area (Å²) in [7, 11) is 0. The molecule has 0 fully saturated rings. The maximum atomic E-state index is 5.62. The van der Waals surface area contributed by atoms with Crippen molar-refractivity contribution in [1.82, 2.24) is 4.98 Å². The lowest BCUT2D eigenvalue weighted by Crippen LogP contribution is -2.10. The van der Waals surface area contributed by atoms with Crippen LogP contribution >= 0.6 is 11.3 Å². The van der Waals surface area contributed by atoms with Crippen molar-refractivity contribution in [2.75, 3.05) is 5.73 Å². The molecular formula is C13H16N2S. The van der Waals surface area contributed by atoms with Gasteiger partial charge in [0, 0.05) is 10.9 Å². The highest BCUT2D eigenvalue weighted by atomic mass is 32.1. The zero-order chi connectivity index (χ0) is 11.8. The van der Waals surface area contributed by atoms with Crippen molar-refractivity contribution in [2.45, 2.75) is 26.2 Å². The van der Waals surface area contributed by atoms with Crippen molar-refractivity contribution >= 4 is 16.5 Å². The van der Waals surface area contributed by atoms with E-state index in [-0.39, 0.29) is 5.41 Å². The fourth-order valence-corrected chi connectivity index (χ4v) is 2.13. The molecule has 1 aromatic carbocycles. The van der Waals surface area contributed by atoms with E-state index in [0.29, 0.717) is 5.13 Å². The van der Waals surface area contributed by atoms with Crippen LogP contribution in [0, 0.1) is 0 Å². The summed E-state index contributed by atoms with van der Waals surface area (Å²) < 4.78 is 0. The van der Waals surface area contributed by atoms with Gasteiger partial charge in [-0.15, -0.1) is 11.3 Å². The van der Waals surface area contributed by atoms with Crippen molar-refractivity contribution in [3.05, 3.63) is 35.2 Å². The van der Waals surface area contributed by atoms with E-state index in [1.54, 1.807) is 0 Å². The first-order valence-corrected chi connectivity index (χ1v) is 6.17. The summed E-state index contributed by atoms with van der Waals surface area (Å²) in [6.07, 6.45) is 0. The fraction of sp³-hybridized carbons (Fsp3) is 0.308. The van der Waals surface area contributed by atoms with E-state index < -0.39 is 0 Å². The van der Waals surface area contributed by atoms with Crippen LogP contribution in [-0.4, -0.2) is 4.98 Å². The van der Waals surface area contributed by atoms with Gasteiger partial charge in [-0.1, -0.05) is 45.0 Å². The van der Waals surface area contributed by atoms with E-state index in [0.717, 1.165) is 11.3 Å². The number of nitrogens with zero attached hydrogens (tertiary/aromatic N) is 1. The number of hydrogen-bond donors (Lipinski definition) is 1. The number of anilines is 1. The van der Waals surface area contributed by atoms with Crippen LogP contribution in [0.25, 0.3) is 11.3 Å². The lowest BCUT2D eigenvalue weighted by molar-refractivity contribution is 0.590. The second kappa shape index (κ2) is 3.91. The maximum absolute atomic E-state index is 5.62. The van der Waals surface area contributed by atoms with Crippen LogP contribution in [0.4, 0.5) is 5.13 Å². The lowest BCUT2D eigenvalue weighted by atomic mass is 9.86. The van der Waals surface area contributed by atoms with Gasteiger partial charge in [-0.05, 0) is 11.0 Å². The number of nitrogens with two attached hydrogens (primary N) is 1. The molecule has 3 heteroatoms. The number of thiazole rings is 1. The van der Waals surface area contributed by atoms with Crippen LogP contribution in [0.1, 0.15) is 26.3 Å². The molecule has 1 heterocycles. The molecule has 0 radical (unpaired) electrons. The lowest BCUT2D eigenvalue weighted by Gasteiger charge is -2.18. The molecule has 2 aromatic rings. The molecule has 2 N–H and O–H groups in total. The van der Waals surface area contributed by atoms with E-state index in [2.05, 4.69) is 50.0 Å². The van der Waals surface area contributed by atoms with Crippen LogP contribution in [0.3, 0.4) is 0 Å². The molecule has 0 spiro atoms. The molecule has 0 saturated carbocycles. The minimum Gasteiger partial charge on any atom is -0.375 e. The minimum atomic E-state index is 0.194. The zero-order valence-corrected chi connectivity index (χ0v) is 10.6. The number of hydrogen-bond acceptors (Lipinski definition) is 3. The maximum Gasteiger partial charge on any atom is 0.180 e. The molecule has 0 bridgehead atoms. The molecule has 1 aromatic heterocycles. The van der Waals surface area contributed by atoms with Gasteiger partial charge in [0.1, 0.15) is 0 Å². The summed E-state index contributed by atoms with van der Waals surface area (Å²) in [5.74, 6) is 0. The van der Waals surface area contributed by atoms with Crippen molar-refractivity contribution < 1.29 is 0 Å². The smallest absolute Gasteiger partial charge is 0.180 e. The fourth-order valence-electron chi connectivity index (χ4n) is 1.56. The number of rotatable bonds is 1. The van der Waals surface area contributed by atoms with Gasteiger partial charge in [-0.3, -0.25) is 0 Å². The molecule has 84 valence electrons. The van der Waals surface area contributed by atoms with Gasteiger partial charge in [0.2, 0.25) is 0 Å². The first-order valence-electron chi connectivity index (χ1n) is 5.29. The van der Waals surface area contributed by atoms with Gasteiger partial charge in [0.05, 0.1) is 5.69 Å². The van der Waals surface area contributed by atoms with E-state index in [1.165, 1.54) is 16.9 Å². The van der Waals surface area contributed by atoms with Gasteiger partial charge in [0.15, 0.2) is 5.13 Å².